The molecule has 114 valence electrons. The average Bonchev–Trinajstić information content (AvgIpc) is 2.43. The highest BCUT2D eigenvalue weighted by Crippen LogP contribution is 2.29. The molecule has 0 spiro atoms. The number of nitrogens with one attached hydrogen (secondary N) is 2. The van der Waals surface area contributed by atoms with E-state index in [1.165, 1.54) is 0 Å². The molecule has 1 saturated carbocycles. The summed E-state index contributed by atoms with van der Waals surface area (Å²) < 4.78 is 0.660. The van der Waals surface area contributed by atoms with Crippen LogP contribution >= 0.6 is 27.5 Å². The van der Waals surface area contributed by atoms with Gasteiger partial charge in [-0.1, -0.05) is 30.9 Å². The Balaban J connectivity index is 2.05. The molecule has 5 nitrogen and oxygen atoms in total. The predicted molar refractivity (Wildman–Crippen MR) is 84.8 cm³/mol. The molecule has 1 aliphatic rings. The second-order valence-electron chi connectivity index (χ2n) is 5.16. The van der Waals surface area contributed by atoms with E-state index in [4.69, 9.17) is 11.6 Å². The Kier molecular flexibility index (Phi) is 5.11. The monoisotopic (exact) mass is 374 g/mol. The lowest BCUT2D eigenvalue weighted by Crippen LogP contribution is -2.56. The van der Waals surface area contributed by atoms with Gasteiger partial charge in [-0.15, -0.1) is 0 Å². The number of halogens is 2. The van der Waals surface area contributed by atoms with Gasteiger partial charge in [0.1, 0.15) is 5.54 Å². The molecule has 1 fully saturated rings. The number of hydrogen-bond donors (Lipinski definition) is 3. The van der Waals surface area contributed by atoms with Gasteiger partial charge in [-0.2, -0.15) is 0 Å². The van der Waals surface area contributed by atoms with Crippen molar-refractivity contribution in [3.8, 4) is 0 Å². The molecule has 0 aromatic heterocycles. The minimum absolute atomic E-state index is 0.458. The van der Waals surface area contributed by atoms with Crippen LogP contribution in [0, 0.1) is 0 Å². The van der Waals surface area contributed by atoms with Crippen LogP contribution in [0.1, 0.15) is 32.1 Å². The molecule has 1 aromatic carbocycles. The minimum atomic E-state index is -1.16. The number of carbonyl (C=O) groups excluding carboxylic acids is 1. The Labute approximate surface area is 136 Å². The van der Waals surface area contributed by atoms with Crippen molar-refractivity contribution in [2.24, 2.45) is 0 Å². The van der Waals surface area contributed by atoms with E-state index in [0.717, 1.165) is 19.3 Å². The summed E-state index contributed by atoms with van der Waals surface area (Å²) in [4.78, 5) is 23.5. The van der Waals surface area contributed by atoms with Crippen molar-refractivity contribution in [1.29, 1.82) is 0 Å². The Bertz CT molecular complexity index is 559. The zero-order valence-electron chi connectivity index (χ0n) is 11.3. The Morgan fingerprint density at radius 1 is 1.24 bits per heavy atom. The molecule has 0 bridgehead atoms. The summed E-state index contributed by atoms with van der Waals surface area (Å²) in [6, 6.07) is 4.44. The summed E-state index contributed by atoms with van der Waals surface area (Å²) in [6.45, 7) is 0. The third-order valence-electron chi connectivity index (χ3n) is 3.65. The Morgan fingerprint density at radius 2 is 1.90 bits per heavy atom. The van der Waals surface area contributed by atoms with Crippen LogP contribution in [-0.2, 0) is 4.79 Å². The number of carboxylic acids is 1. The fraction of sp³-hybridized carbons (Fsp3) is 0.429. The predicted octanol–water partition coefficient (Wildman–Crippen LogP) is 4.01. The molecule has 0 aliphatic heterocycles. The molecule has 0 atom stereocenters. The number of aliphatic carboxylic acids is 1. The van der Waals surface area contributed by atoms with E-state index < -0.39 is 17.5 Å². The van der Waals surface area contributed by atoms with Crippen LogP contribution < -0.4 is 10.6 Å². The van der Waals surface area contributed by atoms with Crippen LogP contribution in [0.4, 0.5) is 10.5 Å². The van der Waals surface area contributed by atoms with E-state index in [-0.39, 0.29) is 0 Å². The van der Waals surface area contributed by atoms with Crippen LogP contribution in [-0.4, -0.2) is 22.6 Å². The number of benzene rings is 1. The van der Waals surface area contributed by atoms with Gasteiger partial charge in [-0.05, 0) is 47.0 Å². The van der Waals surface area contributed by atoms with Gasteiger partial charge in [-0.3, -0.25) is 0 Å². The van der Waals surface area contributed by atoms with Gasteiger partial charge in [0, 0.05) is 10.2 Å². The largest absolute Gasteiger partial charge is 0.480 e. The standard InChI is InChI=1S/C14H16BrClN2O3/c15-10-8-9(4-5-11(10)16)17-13(21)18-14(12(19)20)6-2-1-3-7-14/h4-5,8H,1-3,6-7H2,(H,19,20)(H2,17,18,21). The first-order valence-corrected chi connectivity index (χ1v) is 7.88. The second kappa shape index (κ2) is 6.66. The minimum Gasteiger partial charge on any atom is -0.480 e. The van der Waals surface area contributed by atoms with Crippen molar-refractivity contribution >= 4 is 45.2 Å². The molecular formula is C14H16BrClN2O3. The lowest BCUT2D eigenvalue weighted by Gasteiger charge is -2.33. The molecule has 7 heteroatoms. The maximum absolute atomic E-state index is 12.1. The number of hydrogen-bond acceptors (Lipinski definition) is 2. The van der Waals surface area contributed by atoms with Gasteiger partial charge >= 0.3 is 12.0 Å². The topological polar surface area (TPSA) is 78.4 Å². The van der Waals surface area contributed by atoms with Crippen molar-refractivity contribution in [1.82, 2.24) is 5.32 Å². The quantitative estimate of drug-likeness (QED) is 0.747. The van der Waals surface area contributed by atoms with Crippen molar-refractivity contribution in [2.45, 2.75) is 37.6 Å². The molecule has 21 heavy (non-hydrogen) atoms. The van der Waals surface area contributed by atoms with E-state index in [2.05, 4.69) is 26.6 Å². The van der Waals surface area contributed by atoms with Gasteiger partial charge in [0.25, 0.3) is 0 Å². The molecule has 2 amide bonds. The Morgan fingerprint density at radius 3 is 2.48 bits per heavy atom. The number of urea groups is 1. The lowest BCUT2D eigenvalue weighted by molar-refractivity contribution is -0.145. The van der Waals surface area contributed by atoms with E-state index >= 15 is 0 Å². The van der Waals surface area contributed by atoms with Crippen molar-refractivity contribution in [3.05, 3.63) is 27.7 Å². The number of amides is 2. The highest BCUT2D eigenvalue weighted by atomic mass is 79.9. The van der Waals surface area contributed by atoms with Crippen LogP contribution in [0.25, 0.3) is 0 Å². The number of carbonyl (C=O) groups is 2. The molecule has 0 unspecified atom stereocenters. The molecule has 0 saturated heterocycles. The Hall–Kier alpha value is -1.27. The van der Waals surface area contributed by atoms with Crippen molar-refractivity contribution in [2.75, 3.05) is 5.32 Å². The van der Waals surface area contributed by atoms with Crippen molar-refractivity contribution < 1.29 is 14.7 Å². The van der Waals surface area contributed by atoms with E-state index in [1.54, 1.807) is 18.2 Å². The summed E-state index contributed by atoms with van der Waals surface area (Å²) in [6.07, 6.45) is 3.53. The van der Waals surface area contributed by atoms with Crippen molar-refractivity contribution in [3.63, 3.8) is 0 Å². The fourth-order valence-electron chi connectivity index (χ4n) is 2.50. The van der Waals surface area contributed by atoms with E-state index in [0.29, 0.717) is 28.0 Å². The number of rotatable bonds is 3. The van der Waals surface area contributed by atoms with Gasteiger partial charge in [0.05, 0.1) is 5.02 Å². The first-order chi connectivity index (χ1) is 9.93. The summed E-state index contributed by atoms with van der Waals surface area (Å²) in [5.74, 6) is -0.977. The zero-order valence-corrected chi connectivity index (χ0v) is 13.6. The highest BCUT2D eigenvalue weighted by molar-refractivity contribution is 9.10. The van der Waals surface area contributed by atoms with Crippen LogP contribution in [0.5, 0.6) is 0 Å². The van der Waals surface area contributed by atoms with E-state index in [1.807, 2.05) is 0 Å². The molecule has 0 radical (unpaired) electrons. The SMILES string of the molecule is O=C(Nc1ccc(Cl)c(Br)c1)NC1(C(=O)O)CCCCC1. The van der Waals surface area contributed by atoms with Gasteiger partial charge in [0.15, 0.2) is 0 Å². The van der Waals surface area contributed by atoms with E-state index in [9.17, 15) is 14.7 Å². The molecule has 1 aliphatic carbocycles. The third-order valence-corrected chi connectivity index (χ3v) is 4.86. The molecule has 0 heterocycles. The zero-order chi connectivity index (χ0) is 15.5. The van der Waals surface area contributed by atoms with Crippen LogP contribution in [0.3, 0.4) is 0 Å². The fourth-order valence-corrected chi connectivity index (χ4v) is 3.00. The molecule has 1 aromatic rings. The first-order valence-electron chi connectivity index (χ1n) is 6.70. The second-order valence-corrected chi connectivity index (χ2v) is 6.42. The molecule has 2 rings (SSSR count). The van der Waals surface area contributed by atoms with Gasteiger partial charge < -0.3 is 15.7 Å². The summed E-state index contributed by atoms with van der Waals surface area (Å²) in [7, 11) is 0. The number of carboxylic acid groups (broad SMARTS) is 1. The summed E-state index contributed by atoms with van der Waals surface area (Å²) in [5.41, 5.74) is -0.619. The smallest absolute Gasteiger partial charge is 0.329 e. The maximum Gasteiger partial charge on any atom is 0.329 e. The average molecular weight is 376 g/mol. The highest BCUT2D eigenvalue weighted by Gasteiger charge is 2.40. The lowest BCUT2D eigenvalue weighted by atomic mass is 9.82. The summed E-state index contributed by atoms with van der Waals surface area (Å²) >= 11 is 9.15. The normalized spacial score (nSPS) is 17.0. The third kappa shape index (κ3) is 3.89. The molecular weight excluding hydrogens is 360 g/mol. The van der Waals surface area contributed by atoms with Crippen LogP contribution in [0.15, 0.2) is 22.7 Å². The molecule has 3 N–H and O–H groups in total. The maximum atomic E-state index is 12.1. The van der Waals surface area contributed by atoms with Gasteiger partial charge in [-0.25, -0.2) is 9.59 Å². The number of anilines is 1. The first kappa shape index (κ1) is 16.1. The van der Waals surface area contributed by atoms with Gasteiger partial charge in [0.2, 0.25) is 0 Å². The summed E-state index contributed by atoms with van der Waals surface area (Å²) in [5, 5.41) is 15.2. The van der Waals surface area contributed by atoms with Crippen LogP contribution in [0.2, 0.25) is 5.02 Å².